The van der Waals surface area contributed by atoms with E-state index in [1.54, 1.807) is 25.3 Å². The number of hydrogen-bond donors (Lipinski definition) is 2. The van der Waals surface area contributed by atoms with Crippen LogP contribution in [0.25, 0.3) is 0 Å². The molecule has 0 aliphatic heterocycles. The number of ether oxygens (including phenoxy) is 2. The maximum atomic E-state index is 11.4. The van der Waals surface area contributed by atoms with Gasteiger partial charge in [0.2, 0.25) is 5.88 Å². The Kier molecular flexibility index (Phi) is 3.70. The Labute approximate surface area is 110 Å². The van der Waals surface area contributed by atoms with Gasteiger partial charge in [-0.25, -0.2) is 0 Å². The quantitative estimate of drug-likeness (QED) is 0.818. The first-order valence-electron chi connectivity index (χ1n) is 5.84. The van der Waals surface area contributed by atoms with Crippen molar-refractivity contribution in [2.24, 2.45) is 0 Å². The normalized spacial score (nSPS) is 10.2. The first-order valence-corrected chi connectivity index (χ1v) is 5.84. The van der Waals surface area contributed by atoms with Gasteiger partial charge < -0.3 is 20.2 Å². The van der Waals surface area contributed by atoms with E-state index in [2.05, 4.69) is 9.97 Å². The van der Waals surface area contributed by atoms with Crippen LogP contribution in [0.1, 0.15) is 12.7 Å². The van der Waals surface area contributed by atoms with E-state index in [-0.39, 0.29) is 11.4 Å². The van der Waals surface area contributed by atoms with E-state index >= 15 is 0 Å². The van der Waals surface area contributed by atoms with E-state index in [0.717, 1.165) is 0 Å². The van der Waals surface area contributed by atoms with Gasteiger partial charge in [0.1, 0.15) is 11.6 Å². The SMILES string of the molecule is CCc1nc(Oc2cc(OC)ccc2N)cc(=O)[nH]1. The molecule has 2 rings (SSSR count). The second-order valence-corrected chi connectivity index (χ2v) is 3.89. The highest BCUT2D eigenvalue weighted by atomic mass is 16.5. The standard InChI is InChI=1S/C13H15N3O3/c1-3-11-15-12(17)7-13(16-11)19-10-6-8(18-2)4-5-9(10)14/h4-7H,3,14H2,1-2H3,(H,15,16,17). The van der Waals surface area contributed by atoms with Crippen LogP contribution in [0.5, 0.6) is 17.4 Å². The smallest absolute Gasteiger partial charge is 0.254 e. The predicted octanol–water partition coefficient (Wildman–Crippen LogP) is 1.72. The molecule has 0 radical (unpaired) electrons. The fraction of sp³-hybridized carbons (Fsp3) is 0.231. The molecule has 0 aliphatic rings. The van der Waals surface area contributed by atoms with Gasteiger partial charge in [-0.15, -0.1) is 0 Å². The van der Waals surface area contributed by atoms with Crippen LogP contribution < -0.4 is 20.8 Å². The summed E-state index contributed by atoms with van der Waals surface area (Å²) in [6.07, 6.45) is 0.611. The third-order valence-electron chi connectivity index (χ3n) is 2.54. The number of hydrogen-bond acceptors (Lipinski definition) is 5. The molecule has 6 heteroatoms. The van der Waals surface area contributed by atoms with Gasteiger partial charge in [0.25, 0.3) is 5.56 Å². The Morgan fingerprint density at radius 2 is 2.16 bits per heavy atom. The van der Waals surface area contributed by atoms with Gasteiger partial charge >= 0.3 is 0 Å². The molecular weight excluding hydrogens is 246 g/mol. The molecule has 0 fully saturated rings. The van der Waals surface area contributed by atoms with Crippen LogP contribution in [0, 0.1) is 0 Å². The third-order valence-corrected chi connectivity index (χ3v) is 2.54. The van der Waals surface area contributed by atoms with Crippen molar-refractivity contribution in [2.75, 3.05) is 12.8 Å². The number of rotatable bonds is 4. The highest BCUT2D eigenvalue weighted by molar-refractivity contribution is 5.56. The zero-order chi connectivity index (χ0) is 13.8. The van der Waals surface area contributed by atoms with E-state index in [9.17, 15) is 4.79 Å². The first kappa shape index (κ1) is 12.9. The molecule has 19 heavy (non-hydrogen) atoms. The van der Waals surface area contributed by atoms with E-state index in [1.165, 1.54) is 6.07 Å². The van der Waals surface area contributed by atoms with Crippen molar-refractivity contribution in [1.29, 1.82) is 0 Å². The lowest BCUT2D eigenvalue weighted by Gasteiger charge is -2.09. The molecular formula is C13H15N3O3. The summed E-state index contributed by atoms with van der Waals surface area (Å²) in [5.74, 6) is 1.79. The Morgan fingerprint density at radius 1 is 1.37 bits per heavy atom. The summed E-state index contributed by atoms with van der Waals surface area (Å²) in [6, 6.07) is 6.31. The Balaban J connectivity index is 2.35. The van der Waals surface area contributed by atoms with Crippen LogP contribution in [-0.4, -0.2) is 17.1 Å². The number of nitrogens with two attached hydrogens (primary N) is 1. The summed E-state index contributed by atoms with van der Waals surface area (Å²) in [4.78, 5) is 18.2. The average molecular weight is 261 g/mol. The van der Waals surface area contributed by atoms with Gasteiger partial charge in [0, 0.05) is 12.5 Å². The van der Waals surface area contributed by atoms with Gasteiger partial charge in [0.15, 0.2) is 5.75 Å². The maximum Gasteiger partial charge on any atom is 0.254 e. The predicted molar refractivity (Wildman–Crippen MR) is 71.7 cm³/mol. The van der Waals surface area contributed by atoms with Crippen LogP contribution in [-0.2, 0) is 6.42 Å². The fourth-order valence-electron chi connectivity index (χ4n) is 1.55. The minimum atomic E-state index is -0.261. The fourth-order valence-corrected chi connectivity index (χ4v) is 1.55. The zero-order valence-electron chi connectivity index (χ0n) is 10.8. The molecule has 0 unspecified atom stereocenters. The largest absolute Gasteiger partial charge is 0.497 e. The number of aryl methyl sites for hydroxylation is 1. The van der Waals surface area contributed by atoms with Crippen molar-refractivity contribution in [1.82, 2.24) is 9.97 Å². The molecule has 100 valence electrons. The molecule has 0 amide bonds. The summed E-state index contributed by atoms with van der Waals surface area (Å²) in [5, 5.41) is 0. The van der Waals surface area contributed by atoms with Gasteiger partial charge in [-0.3, -0.25) is 4.79 Å². The van der Waals surface area contributed by atoms with Gasteiger partial charge in [-0.1, -0.05) is 6.92 Å². The average Bonchev–Trinajstić information content (AvgIpc) is 2.40. The molecule has 0 atom stereocenters. The number of aromatic amines is 1. The molecule has 2 aromatic rings. The second kappa shape index (κ2) is 5.43. The Bertz CT molecular complexity index is 637. The number of methoxy groups -OCH3 is 1. The summed E-state index contributed by atoms with van der Waals surface area (Å²) >= 11 is 0. The van der Waals surface area contributed by atoms with Gasteiger partial charge in [0.05, 0.1) is 18.9 Å². The third kappa shape index (κ3) is 3.04. The van der Waals surface area contributed by atoms with Crippen LogP contribution in [0.2, 0.25) is 0 Å². The summed E-state index contributed by atoms with van der Waals surface area (Å²) in [5.41, 5.74) is 5.99. The number of H-pyrrole nitrogens is 1. The molecule has 0 aliphatic carbocycles. The van der Waals surface area contributed by atoms with Crippen molar-refractivity contribution in [3.63, 3.8) is 0 Å². The summed E-state index contributed by atoms with van der Waals surface area (Å²) in [6.45, 7) is 1.89. The van der Waals surface area contributed by atoms with Crippen LogP contribution in [0.4, 0.5) is 5.69 Å². The first-order chi connectivity index (χ1) is 9.12. The van der Waals surface area contributed by atoms with E-state index in [1.807, 2.05) is 6.92 Å². The van der Waals surface area contributed by atoms with Gasteiger partial charge in [-0.05, 0) is 12.1 Å². The number of nitrogens with zero attached hydrogens (tertiary/aromatic N) is 1. The van der Waals surface area contributed by atoms with Crippen LogP contribution in [0.15, 0.2) is 29.1 Å². The lowest BCUT2D eigenvalue weighted by atomic mass is 10.3. The van der Waals surface area contributed by atoms with Crippen LogP contribution >= 0.6 is 0 Å². The second-order valence-electron chi connectivity index (χ2n) is 3.89. The Hall–Kier alpha value is -2.50. The minimum absolute atomic E-state index is 0.209. The van der Waals surface area contributed by atoms with Crippen molar-refractivity contribution >= 4 is 5.69 Å². The van der Waals surface area contributed by atoms with E-state index < -0.39 is 0 Å². The van der Waals surface area contributed by atoms with Gasteiger partial charge in [-0.2, -0.15) is 4.98 Å². The molecule has 6 nitrogen and oxygen atoms in total. The Morgan fingerprint density at radius 3 is 2.84 bits per heavy atom. The number of nitrogen functional groups attached to an aromatic ring is 1. The molecule has 0 saturated heterocycles. The highest BCUT2D eigenvalue weighted by Gasteiger charge is 2.07. The lowest BCUT2D eigenvalue weighted by Crippen LogP contribution is -2.10. The molecule has 1 aromatic carbocycles. The molecule has 1 aromatic heterocycles. The molecule has 0 spiro atoms. The molecule has 0 bridgehead atoms. The number of aromatic nitrogens is 2. The molecule has 0 saturated carbocycles. The van der Waals surface area contributed by atoms with E-state index in [0.29, 0.717) is 29.4 Å². The zero-order valence-corrected chi connectivity index (χ0v) is 10.8. The lowest BCUT2D eigenvalue weighted by molar-refractivity contribution is 0.407. The molecule has 1 heterocycles. The maximum absolute atomic E-state index is 11.4. The number of nitrogens with one attached hydrogen (secondary N) is 1. The monoisotopic (exact) mass is 261 g/mol. The summed E-state index contributed by atoms with van der Waals surface area (Å²) in [7, 11) is 1.55. The van der Waals surface area contributed by atoms with E-state index in [4.69, 9.17) is 15.2 Å². The van der Waals surface area contributed by atoms with Crippen molar-refractivity contribution in [2.45, 2.75) is 13.3 Å². The topological polar surface area (TPSA) is 90.2 Å². The number of benzene rings is 1. The van der Waals surface area contributed by atoms with Crippen molar-refractivity contribution in [3.05, 3.63) is 40.4 Å². The molecule has 3 N–H and O–H groups in total. The summed E-state index contributed by atoms with van der Waals surface area (Å²) < 4.78 is 10.6. The minimum Gasteiger partial charge on any atom is -0.497 e. The van der Waals surface area contributed by atoms with Crippen molar-refractivity contribution in [3.8, 4) is 17.4 Å². The van der Waals surface area contributed by atoms with Crippen molar-refractivity contribution < 1.29 is 9.47 Å². The highest BCUT2D eigenvalue weighted by Crippen LogP contribution is 2.29. The van der Waals surface area contributed by atoms with Crippen LogP contribution in [0.3, 0.4) is 0 Å². The number of anilines is 1.